The first-order valence-electron chi connectivity index (χ1n) is 13.6. The van der Waals surface area contributed by atoms with Crippen molar-refractivity contribution in [2.24, 2.45) is 0 Å². The smallest absolute Gasteiger partial charge is 0.379 e. The van der Waals surface area contributed by atoms with E-state index in [0.717, 1.165) is 13.0 Å². The van der Waals surface area contributed by atoms with Crippen molar-refractivity contribution in [3.63, 3.8) is 0 Å². The summed E-state index contributed by atoms with van der Waals surface area (Å²) >= 11 is 2.41. The Kier molecular flexibility index (Phi) is 26.0. The summed E-state index contributed by atoms with van der Waals surface area (Å²) in [4.78, 5) is 23.6. The first-order chi connectivity index (χ1) is 19.3. The van der Waals surface area contributed by atoms with Gasteiger partial charge >= 0.3 is 5.97 Å². The molecule has 0 heterocycles. The summed E-state index contributed by atoms with van der Waals surface area (Å²) in [7, 11) is 0. The number of carbonyl (C=O) groups excluding carboxylic acids is 2. The Balaban J connectivity index is 1.70. The fourth-order valence-corrected chi connectivity index (χ4v) is 3.58. The summed E-state index contributed by atoms with van der Waals surface area (Å²) < 4.78 is 44.2. The number of ether oxygens (including phenoxy) is 8. The van der Waals surface area contributed by atoms with E-state index in [1.165, 1.54) is 23.7 Å². The molecule has 0 saturated carbocycles. The molecule has 0 aliphatic heterocycles. The van der Waals surface area contributed by atoms with E-state index < -0.39 is 11.8 Å². The highest BCUT2D eigenvalue weighted by Crippen LogP contribution is 2.02. The summed E-state index contributed by atoms with van der Waals surface area (Å²) in [6.07, 6.45) is 4.95. The van der Waals surface area contributed by atoms with E-state index in [1.54, 1.807) is 30.3 Å². The van der Waals surface area contributed by atoms with Gasteiger partial charge < -0.3 is 37.9 Å². The first kappa shape index (κ1) is 35.8. The number of rotatable bonds is 29. The van der Waals surface area contributed by atoms with E-state index in [0.29, 0.717) is 84.8 Å². The molecule has 0 bridgehead atoms. The highest BCUT2D eigenvalue weighted by molar-refractivity contribution is 14.1. The fourth-order valence-electron chi connectivity index (χ4n) is 3.04. The minimum Gasteiger partial charge on any atom is -0.457 e. The third kappa shape index (κ3) is 23.2. The molecule has 1 rings (SSSR count). The first-order valence-corrected chi connectivity index (χ1v) is 15.1. The molecule has 11 heteroatoms. The molecule has 0 atom stereocenters. The van der Waals surface area contributed by atoms with Crippen LogP contribution in [0.5, 0.6) is 0 Å². The van der Waals surface area contributed by atoms with Crippen LogP contribution in [0.3, 0.4) is 0 Å². The van der Waals surface area contributed by atoms with Gasteiger partial charge in [-0.2, -0.15) is 0 Å². The zero-order valence-corrected chi connectivity index (χ0v) is 25.1. The summed E-state index contributed by atoms with van der Waals surface area (Å²) in [5, 5.41) is 0. The third-order valence-corrected chi connectivity index (χ3v) is 5.85. The van der Waals surface area contributed by atoms with Gasteiger partial charge in [0.15, 0.2) is 0 Å². The van der Waals surface area contributed by atoms with Crippen LogP contribution in [-0.2, 0) is 42.7 Å². The van der Waals surface area contributed by atoms with Gasteiger partial charge in [0.05, 0.1) is 85.9 Å². The van der Waals surface area contributed by atoms with Gasteiger partial charge in [0.1, 0.15) is 6.61 Å². The standard InChI is InChI=1S/C28H45IO10/c29-10-6-1-2-7-11-32-12-13-33-14-15-34-16-17-35-18-19-36-20-21-37-22-23-38-24-25-39-28(31)27(30)26-8-4-3-5-9-26/h3-5,8-9H,1-2,6-7,10-25H2. The minimum absolute atomic E-state index is 0.00790. The summed E-state index contributed by atoms with van der Waals surface area (Å²) in [5.41, 5.74) is 0.302. The van der Waals surface area contributed by atoms with Crippen LogP contribution in [-0.4, -0.2) is 115 Å². The Hall–Kier alpha value is -1.19. The number of esters is 1. The lowest BCUT2D eigenvalue weighted by molar-refractivity contribution is -0.139. The molecule has 0 spiro atoms. The molecule has 0 aliphatic carbocycles. The molecule has 1 aromatic carbocycles. The Morgan fingerprint density at radius 3 is 1.31 bits per heavy atom. The van der Waals surface area contributed by atoms with Crippen molar-refractivity contribution >= 4 is 34.3 Å². The maximum absolute atomic E-state index is 11.9. The number of unbranched alkanes of at least 4 members (excludes halogenated alkanes) is 3. The zero-order chi connectivity index (χ0) is 28.1. The monoisotopic (exact) mass is 668 g/mol. The molecule has 0 fully saturated rings. The Morgan fingerprint density at radius 2 is 0.872 bits per heavy atom. The van der Waals surface area contributed by atoms with Crippen LogP contribution in [0.1, 0.15) is 36.0 Å². The summed E-state index contributed by atoms with van der Waals surface area (Å²) in [5.74, 6) is -1.56. The molecule has 1 aromatic rings. The predicted octanol–water partition coefficient (Wildman–Crippen LogP) is 3.52. The van der Waals surface area contributed by atoms with Crippen LogP contribution in [0.25, 0.3) is 0 Å². The molecular weight excluding hydrogens is 623 g/mol. The Labute approximate surface area is 246 Å². The lowest BCUT2D eigenvalue weighted by Gasteiger charge is -2.08. The second-order valence-corrected chi connectivity index (χ2v) is 9.30. The average molecular weight is 669 g/mol. The highest BCUT2D eigenvalue weighted by Gasteiger charge is 2.17. The van der Waals surface area contributed by atoms with Gasteiger partial charge in [-0.05, 0) is 17.3 Å². The van der Waals surface area contributed by atoms with Crippen LogP contribution in [0.2, 0.25) is 0 Å². The van der Waals surface area contributed by atoms with Gasteiger partial charge in [-0.3, -0.25) is 4.79 Å². The summed E-state index contributed by atoms with van der Waals surface area (Å²) in [6, 6.07) is 8.28. The van der Waals surface area contributed by atoms with Gasteiger partial charge in [-0.1, -0.05) is 65.8 Å². The molecule has 0 N–H and O–H groups in total. The van der Waals surface area contributed by atoms with Gasteiger partial charge in [0, 0.05) is 12.2 Å². The molecular formula is C28H45IO10. The minimum atomic E-state index is -0.889. The van der Waals surface area contributed by atoms with Crippen molar-refractivity contribution < 1.29 is 47.5 Å². The lowest BCUT2D eigenvalue weighted by Crippen LogP contribution is -2.20. The van der Waals surface area contributed by atoms with Crippen LogP contribution in [0.4, 0.5) is 0 Å². The number of carbonyl (C=O) groups is 2. The topological polar surface area (TPSA) is 108 Å². The maximum atomic E-state index is 11.9. The van der Waals surface area contributed by atoms with E-state index in [1.807, 2.05) is 0 Å². The van der Waals surface area contributed by atoms with Crippen LogP contribution in [0.15, 0.2) is 30.3 Å². The van der Waals surface area contributed by atoms with Gasteiger partial charge in [-0.15, -0.1) is 0 Å². The number of ketones is 1. The number of benzene rings is 1. The lowest BCUT2D eigenvalue weighted by atomic mass is 10.1. The van der Waals surface area contributed by atoms with Crippen LogP contribution < -0.4 is 0 Å². The van der Waals surface area contributed by atoms with Crippen molar-refractivity contribution in [2.45, 2.75) is 25.7 Å². The second-order valence-electron chi connectivity index (χ2n) is 8.22. The van der Waals surface area contributed by atoms with E-state index in [9.17, 15) is 9.59 Å². The SMILES string of the molecule is O=C(OCCOCCOCCOCCOCCOCCOCCOCCCCCCI)C(=O)c1ccccc1. The second kappa shape index (κ2) is 28.3. The van der Waals surface area contributed by atoms with Gasteiger partial charge in [0.2, 0.25) is 0 Å². The number of halogens is 1. The molecule has 224 valence electrons. The summed E-state index contributed by atoms with van der Waals surface area (Å²) in [6.45, 7) is 6.97. The fraction of sp³-hybridized carbons (Fsp3) is 0.714. The third-order valence-electron chi connectivity index (χ3n) is 5.09. The Bertz CT molecular complexity index is 692. The van der Waals surface area contributed by atoms with E-state index in [4.69, 9.17) is 37.9 Å². The quantitative estimate of drug-likeness (QED) is 0.0315. The zero-order valence-electron chi connectivity index (χ0n) is 23.0. The molecule has 39 heavy (non-hydrogen) atoms. The van der Waals surface area contributed by atoms with Crippen molar-refractivity contribution in [3.05, 3.63) is 35.9 Å². The van der Waals surface area contributed by atoms with Crippen LogP contribution >= 0.6 is 22.6 Å². The number of hydrogen-bond acceptors (Lipinski definition) is 10. The molecule has 0 saturated heterocycles. The van der Waals surface area contributed by atoms with Crippen molar-refractivity contribution in [2.75, 3.05) is 104 Å². The Morgan fingerprint density at radius 1 is 0.487 bits per heavy atom. The molecule has 0 radical (unpaired) electrons. The largest absolute Gasteiger partial charge is 0.457 e. The molecule has 10 nitrogen and oxygen atoms in total. The van der Waals surface area contributed by atoms with Crippen molar-refractivity contribution in [1.29, 1.82) is 0 Å². The number of alkyl halides is 1. The average Bonchev–Trinajstić information content (AvgIpc) is 2.96. The predicted molar refractivity (Wildman–Crippen MR) is 155 cm³/mol. The van der Waals surface area contributed by atoms with Gasteiger partial charge in [0.25, 0.3) is 5.78 Å². The molecule has 0 aliphatic rings. The highest BCUT2D eigenvalue weighted by atomic mass is 127. The normalized spacial score (nSPS) is 11.1. The number of hydrogen-bond donors (Lipinski definition) is 0. The number of Topliss-reactive ketones (excluding diaryl/α,β-unsaturated/α-hetero) is 1. The van der Waals surface area contributed by atoms with Crippen LogP contribution in [0, 0.1) is 0 Å². The van der Waals surface area contributed by atoms with E-state index >= 15 is 0 Å². The maximum Gasteiger partial charge on any atom is 0.379 e. The molecule has 0 aromatic heterocycles. The van der Waals surface area contributed by atoms with Gasteiger partial charge in [-0.25, -0.2) is 4.79 Å². The van der Waals surface area contributed by atoms with Crippen molar-refractivity contribution in [1.82, 2.24) is 0 Å². The van der Waals surface area contributed by atoms with E-state index in [2.05, 4.69) is 22.6 Å². The molecule has 0 unspecified atom stereocenters. The van der Waals surface area contributed by atoms with Crippen molar-refractivity contribution in [3.8, 4) is 0 Å². The van der Waals surface area contributed by atoms with E-state index in [-0.39, 0.29) is 13.2 Å². The molecule has 0 amide bonds.